The van der Waals surface area contributed by atoms with E-state index in [1.807, 2.05) is 60.7 Å². The molecule has 0 radical (unpaired) electrons. The first-order valence-corrected chi connectivity index (χ1v) is 8.82. The van der Waals surface area contributed by atoms with Gasteiger partial charge >= 0.3 is 0 Å². The van der Waals surface area contributed by atoms with Crippen LogP contribution in [-0.4, -0.2) is 8.42 Å². The van der Waals surface area contributed by atoms with Crippen LogP contribution in [-0.2, 0) is 10.0 Å². The monoisotopic (exact) mass is 327 g/mol. The second-order valence-corrected chi connectivity index (χ2v) is 6.88. The third-order valence-corrected chi connectivity index (χ3v) is 4.63. The van der Waals surface area contributed by atoms with Gasteiger partial charge in [-0.1, -0.05) is 48.5 Å². The van der Waals surface area contributed by atoms with Gasteiger partial charge in [0.15, 0.2) is 0 Å². The van der Waals surface area contributed by atoms with Crippen molar-refractivity contribution in [3.63, 3.8) is 0 Å². The van der Waals surface area contributed by atoms with Gasteiger partial charge in [0.25, 0.3) is 0 Å². The molecule has 0 aliphatic rings. The fourth-order valence-corrected chi connectivity index (χ4v) is 3.32. The lowest BCUT2D eigenvalue weighted by atomic mass is 10.2. The zero-order chi connectivity index (χ0) is 16.3. The highest BCUT2D eigenvalue weighted by Gasteiger charge is 2.16. The summed E-state index contributed by atoms with van der Waals surface area (Å²) in [5.41, 5.74) is 1.57. The number of nitrogens with one attached hydrogen (secondary N) is 1. The molecule has 1 heterocycles. The van der Waals surface area contributed by atoms with Crippen LogP contribution >= 0.6 is 0 Å². The number of rotatable bonds is 5. The van der Waals surface area contributed by atoms with E-state index >= 15 is 0 Å². The van der Waals surface area contributed by atoms with Crippen LogP contribution in [0.25, 0.3) is 17.0 Å². The Morgan fingerprint density at radius 3 is 2.48 bits per heavy atom. The second-order valence-electron chi connectivity index (χ2n) is 5.28. The maximum absolute atomic E-state index is 12.2. The molecular weight excluding hydrogens is 310 g/mol. The van der Waals surface area contributed by atoms with Crippen LogP contribution in [0.15, 0.2) is 70.5 Å². The molecule has 3 rings (SSSR count). The highest BCUT2D eigenvalue weighted by atomic mass is 32.2. The number of hydrogen-bond acceptors (Lipinski definition) is 3. The van der Waals surface area contributed by atoms with Crippen LogP contribution in [0.5, 0.6) is 0 Å². The number of benzene rings is 2. The average molecular weight is 327 g/mol. The van der Waals surface area contributed by atoms with E-state index in [2.05, 4.69) is 4.72 Å². The Kier molecular flexibility index (Phi) is 4.32. The van der Waals surface area contributed by atoms with E-state index in [1.165, 1.54) is 5.41 Å². The number of furan rings is 1. The molecule has 1 atom stereocenters. The molecule has 0 spiro atoms. The summed E-state index contributed by atoms with van der Waals surface area (Å²) in [5.74, 6) is 0.586. The summed E-state index contributed by atoms with van der Waals surface area (Å²) in [6.07, 6.45) is 1.56. The normalized spacial score (nSPS) is 13.6. The topological polar surface area (TPSA) is 59.3 Å². The zero-order valence-electron chi connectivity index (χ0n) is 12.6. The number of hydrogen-bond donors (Lipinski definition) is 1. The molecular formula is C18H17NO3S. The first-order valence-electron chi connectivity index (χ1n) is 7.27. The standard InChI is InChI=1S/C18H17NO3S/c1-14(18-13-16-9-5-6-10-17(16)22-18)19-23(20,21)12-11-15-7-3-2-4-8-15/h2-14,19H,1H3/b12-11+/t14-/m1/s1. The Balaban J connectivity index is 1.75. The summed E-state index contributed by atoms with van der Waals surface area (Å²) < 4.78 is 32.6. The van der Waals surface area contributed by atoms with Gasteiger partial charge in [0.2, 0.25) is 10.0 Å². The van der Waals surface area contributed by atoms with Gasteiger partial charge in [-0.15, -0.1) is 0 Å². The molecule has 118 valence electrons. The number of para-hydroxylation sites is 1. The van der Waals surface area contributed by atoms with E-state index in [-0.39, 0.29) is 0 Å². The van der Waals surface area contributed by atoms with Gasteiger partial charge in [0, 0.05) is 10.8 Å². The number of fused-ring (bicyclic) bond motifs is 1. The van der Waals surface area contributed by atoms with Crippen LogP contribution < -0.4 is 4.72 Å². The Bertz CT molecular complexity index is 894. The maximum Gasteiger partial charge on any atom is 0.234 e. The summed E-state index contributed by atoms with van der Waals surface area (Å²) in [4.78, 5) is 0. The highest BCUT2D eigenvalue weighted by Crippen LogP contribution is 2.24. The van der Waals surface area contributed by atoms with Gasteiger partial charge in [-0.05, 0) is 30.7 Å². The third-order valence-electron chi connectivity index (χ3n) is 3.45. The summed E-state index contributed by atoms with van der Waals surface area (Å²) in [6, 6.07) is 18.3. The lowest BCUT2D eigenvalue weighted by molar-refractivity contribution is 0.487. The van der Waals surface area contributed by atoms with Gasteiger partial charge in [-0.25, -0.2) is 13.1 Å². The summed E-state index contributed by atoms with van der Waals surface area (Å²) in [5, 5.41) is 2.12. The highest BCUT2D eigenvalue weighted by molar-refractivity contribution is 7.92. The van der Waals surface area contributed by atoms with Crippen molar-refractivity contribution in [1.29, 1.82) is 0 Å². The molecule has 0 aliphatic heterocycles. The molecule has 0 bridgehead atoms. The fraction of sp³-hybridized carbons (Fsp3) is 0.111. The summed E-state index contributed by atoms with van der Waals surface area (Å²) in [6.45, 7) is 1.76. The third kappa shape index (κ3) is 3.88. The molecule has 4 nitrogen and oxygen atoms in total. The van der Waals surface area contributed by atoms with Crippen LogP contribution in [0, 0.1) is 0 Å². The lowest BCUT2D eigenvalue weighted by Crippen LogP contribution is -2.24. The maximum atomic E-state index is 12.2. The minimum absolute atomic E-state index is 0.451. The lowest BCUT2D eigenvalue weighted by Gasteiger charge is -2.09. The number of sulfonamides is 1. The van der Waals surface area contributed by atoms with Crippen molar-refractivity contribution in [3.8, 4) is 0 Å². The van der Waals surface area contributed by atoms with Gasteiger partial charge in [-0.3, -0.25) is 0 Å². The Hall–Kier alpha value is -2.37. The fourth-order valence-electron chi connectivity index (χ4n) is 2.29. The molecule has 23 heavy (non-hydrogen) atoms. The van der Waals surface area contributed by atoms with Crippen LogP contribution in [0.1, 0.15) is 24.3 Å². The zero-order valence-corrected chi connectivity index (χ0v) is 13.5. The smallest absolute Gasteiger partial charge is 0.234 e. The van der Waals surface area contributed by atoms with Gasteiger partial charge in [0.05, 0.1) is 6.04 Å². The van der Waals surface area contributed by atoms with Gasteiger partial charge < -0.3 is 4.42 Å². The quantitative estimate of drug-likeness (QED) is 0.768. The Morgan fingerprint density at radius 1 is 1.04 bits per heavy atom. The molecule has 1 aromatic heterocycles. The summed E-state index contributed by atoms with van der Waals surface area (Å²) >= 11 is 0. The van der Waals surface area contributed by atoms with E-state index in [9.17, 15) is 8.42 Å². The first-order chi connectivity index (χ1) is 11.0. The van der Waals surface area contributed by atoms with E-state index in [4.69, 9.17) is 4.42 Å². The molecule has 0 fully saturated rings. The Labute approximate surface area is 135 Å². The van der Waals surface area contributed by atoms with Crippen LogP contribution in [0.2, 0.25) is 0 Å². The van der Waals surface area contributed by atoms with Crippen molar-refractivity contribution >= 4 is 27.1 Å². The predicted molar refractivity (Wildman–Crippen MR) is 92.2 cm³/mol. The van der Waals surface area contributed by atoms with Crippen molar-refractivity contribution in [2.45, 2.75) is 13.0 Å². The van der Waals surface area contributed by atoms with Gasteiger partial charge in [0.1, 0.15) is 11.3 Å². The summed E-state index contributed by atoms with van der Waals surface area (Å²) in [7, 11) is -3.56. The van der Waals surface area contributed by atoms with Crippen LogP contribution in [0.3, 0.4) is 0 Å². The SMILES string of the molecule is C[C@@H](NS(=O)(=O)/C=C/c1ccccc1)c1cc2ccccc2o1. The van der Waals surface area contributed by atoms with Gasteiger partial charge in [-0.2, -0.15) is 0 Å². The first kappa shape index (κ1) is 15.5. The van der Waals surface area contributed by atoms with Crippen molar-refractivity contribution in [2.75, 3.05) is 0 Å². The van der Waals surface area contributed by atoms with Crippen molar-refractivity contribution < 1.29 is 12.8 Å². The van der Waals surface area contributed by atoms with Crippen molar-refractivity contribution in [2.24, 2.45) is 0 Å². The molecule has 5 heteroatoms. The molecule has 0 aliphatic carbocycles. The minimum atomic E-state index is -3.56. The molecule has 0 unspecified atom stereocenters. The van der Waals surface area contributed by atoms with E-state index < -0.39 is 16.1 Å². The molecule has 3 aromatic rings. The van der Waals surface area contributed by atoms with Crippen molar-refractivity contribution in [1.82, 2.24) is 4.72 Å². The van der Waals surface area contributed by atoms with Crippen LogP contribution in [0.4, 0.5) is 0 Å². The Morgan fingerprint density at radius 2 is 1.74 bits per heavy atom. The molecule has 0 amide bonds. The second kappa shape index (κ2) is 6.40. The van der Waals surface area contributed by atoms with E-state index in [1.54, 1.807) is 13.0 Å². The average Bonchev–Trinajstić information content (AvgIpc) is 2.98. The van der Waals surface area contributed by atoms with E-state index in [0.717, 1.165) is 16.5 Å². The molecule has 0 saturated heterocycles. The molecule has 0 saturated carbocycles. The largest absolute Gasteiger partial charge is 0.459 e. The predicted octanol–water partition coefficient (Wildman–Crippen LogP) is 4.08. The van der Waals surface area contributed by atoms with Crippen molar-refractivity contribution in [3.05, 3.63) is 77.4 Å². The molecule has 2 aromatic carbocycles. The van der Waals surface area contributed by atoms with E-state index in [0.29, 0.717) is 5.76 Å². The molecule has 1 N–H and O–H groups in total. The minimum Gasteiger partial charge on any atom is -0.459 e.